The molecule has 0 aromatic heterocycles. The van der Waals surface area contributed by atoms with Gasteiger partial charge in [0.15, 0.2) is 0 Å². The fourth-order valence-electron chi connectivity index (χ4n) is 4.59. The van der Waals surface area contributed by atoms with Gasteiger partial charge in [-0.3, -0.25) is 0 Å². The minimum absolute atomic E-state index is 0.00556. The summed E-state index contributed by atoms with van der Waals surface area (Å²) in [5.74, 6) is 2.41. The van der Waals surface area contributed by atoms with Gasteiger partial charge < -0.3 is 14.6 Å². The Morgan fingerprint density at radius 1 is 1.00 bits per heavy atom. The molecular weight excluding hydrogens is 264 g/mol. The van der Waals surface area contributed by atoms with Crippen LogP contribution in [0.15, 0.2) is 12.1 Å². The Labute approximate surface area is 126 Å². The Morgan fingerprint density at radius 2 is 1.67 bits per heavy atom. The maximum Gasteiger partial charge on any atom is 0.131 e. The number of rotatable bonds is 0. The van der Waals surface area contributed by atoms with E-state index in [1.165, 1.54) is 24.8 Å². The maximum atomic E-state index is 10.0. The van der Waals surface area contributed by atoms with Gasteiger partial charge in [-0.2, -0.15) is 0 Å². The summed E-state index contributed by atoms with van der Waals surface area (Å²) in [5, 5.41) is 10.0. The summed E-state index contributed by atoms with van der Waals surface area (Å²) in [6.45, 7) is 4.28. The molecule has 4 rings (SSSR count). The Morgan fingerprint density at radius 3 is 2.38 bits per heavy atom. The van der Waals surface area contributed by atoms with E-state index in [9.17, 15) is 5.11 Å². The molecule has 0 radical (unpaired) electrons. The lowest BCUT2D eigenvalue weighted by molar-refractivity contribution is -0.0218. The van der Waals surface area contributed by atoms with E-state index >= 15 is 0 Å². The monoisotopic (exact) mass is 288 g/mol. The van der Waals surface area contributed by atoms with Crippen LogP contribution in [-0.4, -0.2) is 16.3 Å². The van der Waals surface area contributed by atoms with Gasteiger partial charge in [-0.1, -0.05) is 6.42 Å². The molecule has 1 saturated carbocycles. The molecule has 1 aromatic carbocycles. The summed E-state index contributed by atoms with van der Waals surface area (Å²) in [6.07, 6.45) is 8.27. The Bertz CT molecular complexity index is 570. The molecule has 3 aliphatic rings. The summed E-state index contributed by atoms with van der Waals surface area (Å²) in [4.78, 5) is 0. The highest BCUT2D eigenvalue weighted by Crippen LogP contribution is 2.56. The Balaban J connectivity index is 1.81. The lowest BCUT2D eigenvalue weighted by Gasteiger charge is -2.48. The van der Waals surface area contributed by atoms with E-state index in [0.717, 1.165) is 37.2 Å². The Kier molecular flexibility index (Phi) is 2.73. The van der Waals surface area contributed by atoms with Crippen LogP contribution in [0.3, 0.4) is 0 Å². The second-order valence-corrected chi connectivity index (χ2v) is 7.67. The lowest BCUT2D eigenvalue weighted by Crippen LogP contribution is -2.46. The third kappa shape index (κ3) is 2.18. The van der Waals surface area contributed by atoms with Crippen LogP contribution in [0.25, 0.3) is 0 Å². The molecule has 1 spiro atoms. The van der Waals surface area contributed by atoms with Gasteiger partial charge in [0.05, 0.1) is 0 Å². The SMILES string of the molecule is CC1(C)CC2CC3(CCCCC3)Oc3cc(O)cc(c32)O1. The van der Waals surface area contributed by atoms with Gasteiger partial charge in [0.1, 0.15) is 28.5 Å². The van der Waals surface area contributed by atoms with Crippen molar-refractivity contribution in [3.8, 4) is 17.2 Å². The van der Waals surface area contributed by atoms with Crippen molar-refractivity contribution in [1.82, 2.24) is 0 Å². The van der Waals surface area contributed by atoms with Gasteiger partial charge in [0.25, 0.3) is 0 Å². The summed E-state index contributed by atoms with van der Waals surface area (Å²) >= 11 is 0. The number of hydrogen-bond acceptors (Lipinski definition) is 3. The average Bonchev–Trinajstić information content (AvgIpc) is 2.36. The zero-order chi connectivity index (χ0) is 14.7. The molecule has 3 heteroatoms. The highest BCUT2D eigenvalue weighted by atomic mass is 16.5. The minimum Gasteiger partial charge on any atom is -0.508 e. The van der Waals surface area contributed by atoms with Crippen molar-refractivity contribution in [2.75, 3.05) is 0 Å². The van der Waals surface area contributed by atoms with Crippen LogP contribution >= 0.6 is 0 Å². The van der Waals surface area contributed by atoms with E-state index in [1.807, 2.05) is 0 Å². The van der Waals surface area contributed by atoms with Gasteiger partial charge in [0.2, 0.25) is 0 Å². The van der Waals surface area contributed by atoms with E-state index in [1.54, 1.807) is 12.1 Å². The number of hydrogen-bond donors (Lipinski definition) is 1. The van der Waals surface area contributed by atoms with Crippen LogP contribution in [0, 0.1) is 0 Å². The standard InChI is InChI=1S/C18H24O3/c1-17(2)10-12-11-18(6-4-3-5-7-18)21-15-9-13(19)8-14(20-17)16(12)15/h8-9,12,19H,3-7,10-11H2,1-2H3. The summed E-state index contributed by atoms with van der Waals surface area (Å²) in [7, 11) is 0. The molecule has 1 fully saturated rings. The van der Waals surface area contributed by atoms with Crippen molar-refractivity contribution in [3.05, 3.63) is 17.7 Å². The van der Waals surface area contributed by atoms with Crippen LogP contribution in [-0.2, 0) is 0 Å². The van der Waals surface area contributed by atoms with E-state index in [4.69, 9.17) is 9.47 Å². The van der Waals surface area contributed by atoms with Gasteiger partial charge in [-0.25, -0.2) is 0 Å². The van der Waals surface area contributed by atoms with Gasteiger partial charge in [-0.15, -0.1) is 0 Å². The van der Waals surface area contributed by atoms with Crippen LogP contribution in [0.4, 0.5) is 0 Å². The molecule has 1 atom stereocenters. The maximum absolute atomic E-state index is 10.0. The zero-order valence-corrected chi connectivity index (χ0v) is 12.9. The van der Waals surface area contributed by atoms with E-state index < -0.39 is 0 Å². The minimum atomic E-state index is -0.171. The Hall–Kier alpha value is -1.38. The second-order valence-electron chi connectivity index (χ2n) is 7.67. The molecule has 3 nitrogen and oxygen atoms in total. The lowest BCUT2D eigenvalue weighted by atomic mass is 9.71. The molecule has 1 N–H and O–H groups in total. The fourth-order valence-corrected chi connectivity index (χ4v) is 4.59. The number of benzene rings is 1. The summed E-state index contributed by atoms with van der Waals surface area (Å²) in [5.41, 5.74) is 1.01. The first-order chi connectivity index (χ1) is 9.96. The predicted molar refractivity (Wildman–Crippen MR) is 81.2 cm³/mol. The molecule has 1 unspecified atom stereocenters. The topological polar surface area (TPSA) is 38.7 Å². The molecule has 2 heterocycles. The predicted octanol–water partition coefficient (Wildman–Crippen LogP) is 4.52. The molecule has 2 aliphatic heterocycles. The number of ether oxygens (including phenoxy) is 2. The highest BCUT2D eigenvalue weighted by Gasteiger charge is 2.47. The van der Waals surface area contributed by atoms with Crippen LogP contribution in [0.1, 0.15) is 70.3 Å². The third-order valence-corrected chi connectivity index (χ3v) is 5.33. The first kappa shape index (κ1) is 13.3. The molecular formula is C18H24O3. The number of phenols is 1. The smallest absolute Gasteiger partial charge is 0.131 e. The molecule has 0 bridgehead atoms. The van der Waals surface area contributed by atoms with Crippen LogP contribution in [0.5, 0.6) is 17.2 Å². The van der Waals surface area contributed by atoms with Crippen molar-refractivity contribution < 1.29 is 14.6 Å². The molecule has 0 amide bonds. The first-order valence-electron chi connectivity index (χ1n) is 8.21. The van der Waals surface area contributed by atoms with Gasteiger partial charge in [-0.05, 0) is 58.3 Å². The summed E-state index contributed by atoms with van der Waals surface area (Å²) in [6, 6.07) is 3.53. The quantitative estimate of drug-likeness (QED) is 0.762. The highest BCUT2D eigenvalue weighted by molar-refractivity contribution is 5.55. The average molecular weight is 288 g/mol. The van der Waals surface area contributed by atoms with E-state index in [0.29, 0.717) is 5.92 Å². The number of aromatic hydroxyl groups is 1. The van der Waals surface area contributed by atoms with E-state index in [2.05, 4.69) is 13.8 Å². The van der Waals surface area contributed by atoms with Crippen LogP contribution < -0.4 is 9.47 Å². The molecule has 114 valence electrons. The van der Waals surface area contributed by atoms with Gasteiger partial charge in [0, 0.05) is 17.7 Å². The van der Waals surface area contributed by atoms with Crippen molar-refractivity contribution in [2.24, 2.45) is 0 Å². The molecule has 21 heavy (non-hydrogen) atoms. The summed E-state index contributed by atoms with van der Waals surface area (Å²) < 4.78 is 12.5. The van der Waals surface area contributed by atoms with Crippen molar-refractivity contribution in [1.29, 1.82) is 0 Å². The first-order valence-corrected chi connectivity index (χ1v) is 8.21. The van der Waals surface area contributed by atoms with Crippen molar-refractivity contribution in [3.63, 3.8) is 0 Å². The third-order valence-electron chi connectivity index (χ3n) is 5.33. The number of phenolic OH excluding ortho intramolecular Hbond substituents is 1. The van der Waals surface area contributed by atoms with Gasteiger partial charge >= 0.3 is 0 Å². The normalized spacial score (nSPS) is 28.4. The fraction of sp³-hybridized carbons (Fsp3) is 0.667. The zero-order valence-electron chi connectivity index (χ0n) is 12.9. The van der Waals surface area contributed by atoms with Crippen LogP contribution in [0.2, 0.25) is 0 Å². The van der Waals surface area contributed by atoms with E-state index in [-0.39, 0.29) is 17.0 Å². The molecule has 1 aliphatic carbocycles. The van der Waals surface area contributed by atoms with Crippen molar-refractivity contribution >= 4 is 0 Å². The second kappa shape index (κ2) is 4.31. The largest absolute Gasteiger partial charge is 0.508 e. The van der Waals surface area contributed by atoms with Crippen molar-refractivity contribution in [2.45, 2.75) is 75.9 Å². The molecule has 1 aromatic rings. The molecule has 0 saturated heterocycles.